The average Bonchev–Trinajstić information content (AvgIpc) is 2.81. The lowest BCUT2D eigenvalue weighted by atomic mass is 10.1. The second kappa shape index (κ2) is 7.22. The first-order valence-corrected chi connectivity index (χ1v) is 7.53. The summed E-state index contributed by atoms with van der Waals surface area (Å²) >= 11 is 1.43. The monoisotopic (exact) mass is 342 g/mol. The van der Waals surface area contributed by atoms with Gasteiger partial charge >= 0.3 is 0 Å². The molecule has 0 aliphatic carbocycles. The standard InChI is InChI=1S/C16H19FN2OS.ClH/c1-10-13(11-4-6-12(17)7-5-11)8-14(21-10)15(20)19-16(2,3)9-18;/h4-8H,9,18H2,1-3H3,(H,19,20);1H. The van der Waals surface area contributed by atoms with Crippen LogP contribution in [0.15, 0.2) is 30.3 Å². The van der Waals surface area contributed by atoms with Crippen molar-refractivity contribution >= 4 is 29.7 Å². The topological polar surface area (TPSA) is 55.1 Å². The number of carbonyl (C=O) groups is 1. The summed E-state index contributed by atoms with van der Waals surface area (Å²) in [5, 5.41) is 2.91. The third-order valence-electron chi connectivity index (χ3n) is 3.26. The van der Waals surface area contributed by atoms with Gasteiger partial charge in [0.15, 0.2) is 0 Å². The first-order valence-electron chi connectivity index (χ1n) is 6.71. The lowest BCUT2D eigenvalue weighted by Gasteiger charge is -2.23. The van der Waals surface area contributed by atoms with Crippen molar-refractivity contribution in [2.45, 2.75) is 26.3 Å². The molecule has 120 valence electrons. The van der Waals surface area contributed by atoms with Crippen molar-refractivity contribution in [2.24, 2.45) is 5.73 Å². The quantitative estimate of drug-likeness (QED) is 0.889. The van der Waals surface area contributed by atoms with Crippen molar-refractivity contribution in [2.75, 3.05) is 6.54 Å². The molecule has 0 unspecified atom stereocenters. The van der Waals surface area contributed by atoms with Gasteiger partial charge in [-0.2, -0.15) is 0 Å². The van der Waals surface area contributed by atoms with Crippen LogP contribution >= 0.6 is 23.7 Å². The van der Waals surface area contributed by atoms with E-state index in [2.05, 4.69) is 5.32 Å². The Morgan fingerprint density at radius 2 is 1.91 bits per heavy atom. The zero-order valence-corrected chi connectivity index (χ0v) is 14.4. The van der Waals surface area contributed by atoms with Gasteiger partial charge in [0.05, 0.1) is 4.88 Å². The first-order chi connectivity index (χ1) is 9.82. The maximum absolute atomic E-state index is 13.0. The van der Waals surface area contributed by atoms with Crippen molar-refractivity contribution in [3.05, 3.63) is 45.9 Å². The SMILES string of the molecule is Cc1sc(C(=O)NC(C)(C)CN)cc1-c1ccc(F)cc1.Cl. The predicted octanol–water partition coefficient (Wildman–Crippen LogP) is 3.75. The van der Waals surface area contributed by atoms with Gasteiger partial charge in [-0.15, -0.1) is 23.7 Å². The van der Waals surface area contributed by atoms with Gasteiger partial charge in [-0.05, 0) is 50.1 Å². The molecule has 3 N–H and O–H groups in total. The molecule has 0 saturated heterocycles. The van der Waals surface area contributed by atoms with Gasteiger partial charge in [0.25, 0.3) is 5.91 Å². The third-order valence-corrected chi connectivity index (χ3v) is 4.31. The van der Waals surface area contributed by atoms with Crippen LogP contribution in [0.5, 0.6) is 0 Å². The smallest absolute Gasteiger partial charge is 0.261 e. The van der Waals surface area contributed by atoms with E-state index in [9.17, 15) is 9.18 Å². The Labute approximate surface area is 140 Å². The van der Waals surface area contributed by atoms with Crippen molar-refractivity contribution in [1.82, 2.24) is 5.32 Å². The van der Waals surface area contributed by atoms with Crippen LogP contribution in [0.25, 0.3) is 11.1 Å². The van der Waals surface area contributed by atoms with Crippen LogP contribution in [0.3, 0.4) is 0 Å². The fourth-order valence-corrected chi connectivity index (χ4v) is 2.87. The van der Waals surface area contributed by atoms with Gasteiger partial charge in [-0.25, -0.2) is 4.39 Å². The number of rotatable bonds is 4. The number of hydrogen-bond donors (Lipinski definition) is 2. The molecule has 1 amide bonds. The summed E-state index contributed by atoms with van der Waals surface area (Å²) in [6, 6.07) is 8.12. The fourth-order valence-electron chi connectivity index (χ4n) is 1.93. The lowest BCUT2D eigenvalue weighted by Crippen LogP contribution is -2.48. The third kappa shape index (κ3) is 4.29. The molecule has 0 fully saturated rings. The normalized spacial score (nSPS) is 11.0. The summed E-state index contributed by atoms with van der Waals surface area (Å²) < 4.78 is 13.0. The van der Waals surface area contributed by atoms with Crippen LogP contribution in [-0.2, 0) is 0 Å². The Morgan fingerprint density at radius 1 is 1.32 bits per heavy atom. The molecular weight excluding hydrogens is 323 g/mol. The van der Waals surface area contributed by atoms with Gasteiger partial charge in [0, 0.05) is 17.0 Å². The highest BCUT2D eigenvalue weighted by molar-refractivity contribution is 7.14. The number of hydrogen-bond acceptors (Lipinski definition) is 3. The van der Waals surface area contributed by atoms with E-state index in [4.69, 9.17) is 5.73 Å². The molecule has 0 aliphatic rings. The van der Waals surface area contributed by atoms with Crippen molar-refractivity contribution in [3.8, 4) is 11.1 Å². The molecule has 0 saturated carbocycles. The minimum Gasteiger partial charge on any atom is -0.345 e. The summed E-state index contributed by atoms with van der Waals surface area (Å²) in [5.41, 5.74) is 7.05. The lowest BCUT2D eigenvalue weighted by molar-refractivity contribution is 0.0920. The Kier molecular flexibility index (Phi) is 6.11. The van der Waals surface area contributed by atoms with Crippen molar-refractivity contribution in [1.29, 1.82) is 0 Å². The Hall–Kier alpha value is -1.43. The highest BCUT2D eigenvalue weighted by Crippen LogP contribution is 2.31. The average molecular weight is 343 g/mol. The number of nitrogens with one attached hydrogen (secondary N) is 1. The molecule has 0 radical (unpaired) electrons. The van der Waals surface area contributed by atoms with E-state index >= 15 is 0 Å². The highest BCUT2D eigenvalue weighted by atomic mass is 35.5. The maximum atomic E-state index is 13.0. The summed E-state index contributed by atoms with van der Waals surface area (Å²) in [5.74, 6) is -0.402. The van der Waals surface area contributed by atoms with Crippen LogP contribution in [0.2, 0.25) is 0 Å². The second-order valence-electron chi connectivity index (χ2n) is 5.63. The van der Waals surface area contributed by atoms with Crippen LogP contribution in [0.4, 0.5) is 4.39 Å². The number of thiophene rings is 1. The molecule has 0 bridgehead atoms. The molecule has 0 atom stereocenters. The van der Waals surface area contributed by atoms with E-state index in [1.807, 2.05) is 26.8 Å². The molecule has 1 heterocycles. The summed E-state index contributed by atoms with van der Waals surface area (Å²) in [4.78, 5) is 13.9. The second-order valence-corrected chi connectivity index (χ2v) is 6.89. The van der Waals surface area contributed by atoms with Gasteiger partial charge < -0.3 is 11.1 Å². The number of carbonyl (C=O) groups excluding carboxylic acids is 1. The van der Waals surface area contributed by atoms with E-state index in [1.165, 1.54) is 23.5 Å². The van der Waals surface area contributed by atoms with Crippen LogP contribution in [0.1, 0.15) is 28.4 Å². The molecule has 1 aromatic heterocycles. The fraction of sp³-hybridized carbons (Fsp3) is 0.312. The van der Waals surface area contributed by atoms with Gasteiger partial charge in [0.2, 0.25) is 0 Å². The number of halogens is 2. The molecule has 1 aromatic carbocycles. The van der Waals surface area contributed by atoms with E-state index in [0.29, 0.717) is 11.4 Å². The minimum absolute atomic E-state index is 0. The van der Waals surface area contributed by atoms with Gasteiger partial charge in [0.1, 0.15) is 5.82 Å². The Bertz CT molecular complexity index is 653. The van der Waals surface area contributed by atoms with Gasteiger partial charge in [-0.1, -0.05) is 12.1 Å². The number of benzene rings is 1. The summed E-state index contributed by atoms with van der Waals surface area (Å²) in [7, 11) is 0. The van der Waals surface area contributed by atoms with Crippen molar-refractivity contribution in [3.63, 3.8) is 0 Å². The highest BCUT2D eigenvalue weighted by Gasteiger charge is 2.21. The molecule has 3 nitrogen and oxygen atoms in total. The van der Waals surface area contributed by atoms with Crippen LogP contribution < -0.4 is 11.1 Å². The first kappa shape index (κ1) is 18.6. The van der Waals surface area contributed by atoms with E-state index in [1.54, 1.807) is 12.1 Å². The molecular formula is C16H20ClFN2OS. The number of amides is 1. The van der Waals surface area contributed by atoms with E-state index < -0.39 is 5.54 Å². The Balaban J connectivity index is 0.00000242. The van der Waals surface area contributed by atoms with Gasteiger partial charge in [-0.3, -0.25) is 4.79 Å². The zero-order valence-electron chi connectivity index (χ0n) is 12.8. The number of nitrogens with two attached hydrogens (primary N) is 1. The predicted molar refractivity (Wildman–Crippen MR) is 92.3 cm³/mol. The Morgan fingerprint density at radius 3 is 2.45 bits per heavy atom. The van der Waals surface area contributed by atoms with Crippen molar-refractivity contribution < 1.29 is 9.18 Å². The molecule has 2 rings (SSSR count). The zero-order chi connectivity index (χ0) is 15.6. The maximum Gasteiger partial charge on any atom is 0.261 e. The largest absolute Gasteiger partial charge is 0.345 e. The van der Waals surface area contributed by atoms with E-state index in [-0.39, 0.29) is 24.1 Å². The molecule has 0 aliphatic heterocycles. The van der Waals surface area contributed by atoms with Crippen LogP contribution in [-0.4, -0.2) is 18.0 Å². The minimum atomic E-state index is -0.439. The summed E-state index contributed by atoms with van der Waals surface area (Å²) in [6.45, 7) is 6.08. The molecule has 0 spiro atoms. The molecule has 2 aromatic rings. The van der Waals surface area contributed by atoms with E-state index in [0.717, 1.165) is 16.0 Å². The molecule has 6 heteroatoms. The van der Waals surface area contributed by atoms with Crippen LogP contribution in [0, 0.1) is 12.7 Å². The number of aryl methyl sites for hydroxylation is 1. The summed E-state index contributed by atoms with van der Waals surface area (Å²) in [6.07, 6.45) is 0. The molecule has 22 heavy (non-hydrogen) atoms.